The summed E-state index contributed by atoms with van der Waals surface area (Å²) in [4.78, 5) is 25.2. The summed E-state index contributed by atoms with van der Waals surface area (Å²) in [5, 5.41) is 11.9. The molecule has 0 bridgehead atoms. The van der Waals surface area contributed by atoms with Crippen molar-refractivity contribution in [3.63, 3.8) is 0 Å². The molecular weight excluding hydrogens is 251 g/mol. The second-order valence-electron chi connectivity index (χ2n) is 4.36. The van der Waals surface area contributed by atoms with Gasteiger partial charge in [0.05, 0.1) is 5.92 Å². The first-order valence-corrected chi connectivity index (χ1v) is 5.76. The summed E-state index contributed by atoms with van der Waals surface area (Å²) in [6.07, 6.45) is 0. The fourth-order valence-corrected chi connectivity index (χ4v) is 1.65. The highest BCUT2D eigenvalue weighted by Crippen LogP contribution is 2.16. The molecule has 1 aromatic carbocycles. The number of benzene rings is 1. The molecule has 0 spiro atoms. The van der Waals surface area contributed by atoms with Crippen LogP contribution in [-0.4, -0.2) is 28.5 Å². The van der Waals surface area contributed by atoms with E-state index in [-0.39, 0.29) is 18.1 Å². The van der Waals surface area contributed by atoms with E-state index in [2.05, 4.69) is 10.3 Å². The molecule has 1 amide bonds. The third kappa shape index (κ3) is 2.90. The maximum absolute atomic E-state index is 13.0. The Hall–Kier alpha value is -2.37. The number of hydrogen-bond donors (Lipinski definition) is 3. The van der Waals surface area contributed by atoms with Crippen molar-refractivity contribution in [1.29, 1.82) is 0 Å². The summed E-state index contributed by atoms with van der Waals surface area (Å²) in [5.74, 6) is -2.43. The second-order valence-corrected chi connectivity index (χ2v) is 4.36. The van der Waals surface area contributed by atoms with Crippen molar-refractivity contribution < 1.29 is 19.1 Å². The predicted molar refractivity (Wildman–Crippen MR) is 67.4 cm³/mol. The maximum atomic E-state index is 13.0. The Balaban J connectivity index is 2.11. The number of rotatable bonds is 4. The first kappa shape index (κ1) is 13.1. The van der Waals surface area contributed by atoms with Crippen LogP contribution in [0.2, 0.25) is 0 Å². The van der Waals surface area contributed by atoms with E-state index in [0.717, 1.165) is 5.39 Å². The summed E-state index contributed by atoms with van der Waals surface area (Å²) in [5.41, 5.74) is 0.801. The second kappa shape index (κ2) is 5.09. The lowest BCUT2D eigenvalue weighted by molar-refractivity contribution is -0.140. The zero-order chi connectivity index (χ0) is 14.0. The van der Waals surface area contributed by atoms with Crippen molar-refractivity contribution in [3.05, 3.63) is 35.8 Å². The molecule has 0 saturated heterocycles. The number of H-pyrrole nitrogens is 1. The number of carboxylic acids is 1. The van der Waals surface area contributed by atoms with Gasteiger partial charge in [-0.1, -0.05) is 6.92 Å². The minimum atomic E-state index is -0.973. The van der Waals surface area contributed by atoms with Crippen LogP contribution >= 0.6 is 0 Å². The zero-order valence-corrected chi connectivity index (χ0v) is 10.2. The molecular formula is C13H13FN2O3. The van der Waals surface area contributed by atoms with Gasteiger partial charge in [0.25, 0.3) is 5.91 Å². The van der Waals surface area contributed by atoms with E-state index >= 15 is 0 Å². The summed E-state index contributed by atoms with van der Waals surface area (Å²) in [7, 11) is 0. The van der Waals surface area contributed by atoms with Crippen LogP contribution in [0.4, 0.5) is 4.39 Å². The van der Waals surface area contributed by atoms with E-state index in [1.54, 1.807) is 12.1 Å². The molecule has 6 heteroatoms. The molecule has 19 heavy (non-hydrogen) atoms. The lowest BCUT2D eigenvalue weighted by atomic mass is 10.2. The molecule has 100 valence electrons. The van der Waals surface area contributed by atoms with Crippen LogP contribution in [0.5, 0.6) is 0 Å². The Morgan fingerprint density at radius 2 is 2.16 bits per heavy atom. The minimum absolute atomic E-state index is 0.0396. The summed E-state index contributed by atoms with van der Waals surface area (Å²) < 4.78 is 13.0. The summed E-state index contributed by atoms with van der Waals surface area (Å²) in [6, 6.07) is 5.77. The Morgan fingerprint density at radius 3 is 2.84 bits per heavy atom. The minimum Gasteiger partial charge on any atom is -0.481 e. The molecule has 1 unspecified atom stereocenters. The third-order valence-corrected chi connectivity index (χ3v) is 2.82. The lowest BCUT2D eigenvalue weighted by Crippen LogP contribution is -2.31. The van der Waals surface area contributed by atoms with E-state index in [1.165, 1.54) is 19.1 Å². The number of aliphatic carboxylic acids is 1. The molecule has 2 rings (SSSR count). The highest BCUT2D eigenvalue weighted by molar-refractivity contribution is 5.98. The van der Waals surface area contributed by atoms with Crippen LogP contribution in [0.3, 0.4) is 0 Å². The van der Waals surface area contributed by atoms with Gasteiger partial charge < -0.3 is 15.4 Å². The summed E-state index contributed by atoms with van der Waals surface area (Å²) in [6.45, 7) is 1.54. The highest BCUT2D eigenvalue weighted by atomic mass is 19.1. The molecule has 3 N–H and O–H groups in total. The molecule has 0 fully saturated rings. The molecule has 1 aromatic heterocycles. The predicted octanol–water partition coefficient (Wildman–Crippen LogP) is 1.76. The number of carboxylic acid groups (broad SMARTS) is 1. The lowest BCUT2D eigenvalue weighted by Gasteiger charge is -2.06. The molecule has 1 heterocycles. The van der Waals surface area contributed by atoms with E-state index in [4.69, 9.17) is 5.11 Å². The normalized spacial score (nSPS) is 12.3. The van der Waals surface area contributed by atoms with Gasteiger partial charge in [-0.25, -0.2) is 4.39 Å². The van der Waals surface area contributed by atoms with Gasteiger partial charge in [-0.15, -0.1) is 0 Å². The van der Waals surface area contributed by atoms with Crippen LogP contribution in [0.15, 0.2) is 24.3 Å². The van der Waals surface area contributed by atoms with Crippen LogP contribution in [-0.2, 0) is 4.79 Å². The molecule has 0 aliphatic rings. The van der Waals surface area contributed by atoms with Crippen molar-refractivity contribution in [2.45, 2.75) is 6.92 Å². The number of fused-ring (bicyclic) bond motifs is 1. The standard InChI is InChI=1S/C13H13FN2O3/c1-7(13(18)19)6-15-12(17)11-4-8-2-3-9(14)5-10(8)16-11/h2-5,7,16H,6H2,1H3,(H,15,17)(H,18,19). The molecule has 0 saturated carbocycles. The largest absolute Gasteiger partial charge is 0.481 e. The number of carbonyl (C=O) groups excluding carboxylic acids is 1. The van der Waals surface area contributed by atoms with Crippen LogP contribution in [0, 0.1) is 11.7 Å². The highest BCUT2D eigenvalue weighted by Gasteiger charge is 2.14. The SMILES string of the molecule is CC(CNC(=O)c1cc2ccc(F)cc2[nH]1)C(=O)O. The number of nitrogens with one attached hydrogen (secondary N) is 2. The van der Waals surface area contributed by atoms with E-state index in [9.17, 15) is 14.0 Å². The molecule has 1 atom stereocenters. The number of aromatic amines is 1. The van der Waals surface area contributed by atoms with E-state index in [0.29, 0.717) is 5.52 Å². The van der Waals surface area contributed by atoms with Gasteiger partial charge in [0.15, 0.2) is 0 Å². The van der Waals surface area contributed by atoms with Crippen molar-refractivity contribution in [2.75, 3.05) is 6.54 Å². The van der Waals surface area contributed by atoms with Gasteiger partial charge in [0, 0.05) is 17.4 Å². The van der Waals surface area contributed by atoms with Gasteiger partial charge >= 0.3 is 5.97 Å². The Labute approximate surface area is 108 Å². The average molecular weight is 264 g/mol. The fraction of sp³-hybridized carbons (Fsp3) is 0.231. The zero-order valence-electron chi connectivity index (χ0n) is 10.2. The van der Waals surface area contributed by atoms with Crippen LogP contribution < -0.4 is 5.32 Å². The van der Waals surface area contributed by atoms with Gasteiger partial charge in [0.1, 0.15) is 11.5 Å². The molecule has 0 aliphatic carbocycles. The summed E-state index contributed by atoms with van der Waals surface area (Å²) >= 11 is 0. The number of aromatic nitrogens is 1. The number of amides is 1. The van der Waals surface area contributed by atoms with Crippen molar-refractivity contribution >= 4 is 22.8 Å². The number of hydrogen-bond acceptors (Lipinski definition) is 2. The van der Waals surface area contributed by atoms with E-state index in [1.807, 2.05) is 0 Å². The van der Waals surface area contributed by atoms with Crippen molar-refractivity contribution in [2.24, 2.45) is 5.92 Å². The number of halogens is 1. The molecule has 2 aromatic rings. The Morgan fingerprint density at radius 1 is 1.42 bits per heavy atom. The molecule has 0 aliphatic heterocycles. The van der Waals surface area contributed by atoms with Gasteiger partial charge in [-0.3, -0.25) is 9.59 Å². The topological polar surface area (TPSA) is 82.2 Å². The monoisotopic (exact) mass is 264 g/mol. The van der Waals surface area contributed by atoms with E-state index < -0.39 is 17.8 Å². The Bertz CT molecular complexity index is 636. The van der Waals surface area contributed by atoms with Crippen LogP contribution in [0.1, 0.15) is 17.4 Å². The van der Waals surface area contributed by atoms with Gasteiger partial charge in [-0.05, 0) is 24.3 Å². The number of carbonyl (C=O) groups is 2. The first-order valence-electron chi connectivity index (χ1n) is 5.76. The molecule has 0 radical (unpaired) electrons. The van der Waals surface area contributed by atoms with Crippen molar-refractivity contribution in [3.8, 4) is 0 Å². The average Bonchev–Trinajstić information content (AvgIpc) is 2.78. The molecule has 5 nitrogen and oxygen atoms in total. The quantitative estimate of drug-likeness (QED) is 0.786. The first-order chi connectivity index (χ1) is 8.97. The maximum Gasteiger partial charge on any atom is 0.308 e. The van der Waals surface area contributed by atoms with Gasteiger partial charge in [0.2, 0.25) is 0 Å². The fourth-order valence-electron chi connectivity index (χ4n) is 1.65. The van der Waals surface area contributed by atoms with Crippen molar-refractivity contribution in [1.82, 2.24) is 10.3 Å². The Kier molecular flexibility index (Phi) is 3.50. The van der Waals surface area contributed by atoms with Gasteiger partial charge in [-0.2, -0.15) is 0 Å². The smallest absolute Gasteiger partial charge is 0.308 e. The van der Waals surface area contributed by atoms with Crippen LogP contribution in [0.25, 0.3) is 10.9 Å². The third-order valence-electron chi connectivity index (χ3n) is 2.82.